The van der Waals surface area contributed by atoms with Gasteiger partial charge in [-0.25, -0.2) is 14.6 Å². The van der Waals surface area contributed by atoms with Crippen LogP contribution >= 0.6 is 0 Å². The van der Waals surface area contributed by atoms with Gasteiger partial charge in [0.05, 0.1) is 13.2 Å². The van der Waals surface area contributed by atoms with Crippen molar-refractivity contribution < 1.29 is 5.11 Å². The Morgan fingerprint density at radius 2 is 2.15 bits per heavy atom. The number of nitrogens with zero attached hydrogens (tertiary/aromatic N) is 6. The third-order valence-corrected chi connectivity index (χ3v) is 2.64. The Labute approximate surface area is 117 Å². The lowest BCUT2D eigenvalue weighted by Crippen LogP contribution is -2.14. The first-order valence-corrected chi connectivity index (χ1v) is 6.45. The third kappa shape index (κ3) is 3.41. The fourth-order valence-corrected chi connectivity index (χ4v) is 1.61. The van der Waals surface area contributed by atoms with Gasteiger partial charge in [-0.05, 0) is 6.42 Å². The number of aliphatic hydroxyl groups is 1. The summed E-state index contributed by atoms with van der Waals surface area (Å²) in [6, 6.07) is 1.87. The van der Waals surface area contributed by atoms with E-state index in [2.05, 4.69) is 25.4 Å². The highest BCUT2D eigenvalue weighted by molar-refractivity contribution is 5.50. The van der Waals surface area contributed by atoms with Crippen LogP contribution in [-0.2, 0) is 13.0 Å². The van der Waals surface area contributed by atoms with Gasteiger partial charge in [0.2, 0.25) is 11.9 Å². The number of aromatic nitrogens is 5. The SMILES string of the molecule is CCc1cc(Nc2ncn(CCO)n2)nc(N(C)C)n1. The molecular formula is C12H19N7O. The summed E-state index contributed by atoms with van der Waals surface area (Å²) in [6.45, 7) is 2.49. The van der Waals surface area contributed by atoms with Crippen molar-refractivity contribution in [3.05, 3.63) is 18.1 Å². The average Bonchev–Trinajstić information content (AvgIpc) is 2.86. The zero-order chi connectivity index (χ0) is 14.5. The van der Waals surface area contributed by atoms with Crippen LogP contribution in [0.15, 0.2) is 12.4 Å². The molecule has 0 unspecified atom stereocenters. The monoisotopic (exact) mass is 277 g/mol. The zero-order valence-corrected chi connectivity index (χ0v) is 11.9. The summed E-state index contributed by atoms with van der Waals surface area (Å²) in [5.41, 5.74) is 0.945. The van der Waals surface area contributed by atoms with Gasteiger partial charge >= 0.3 is 0 Å². The van der Waals surface area contributed by atoms with Crippen molar-refractivity contribution in [1.29, 1.82) is 0 Å². The maximum Gasteiger partial charge on any atom is 0.247 e. The molecule has 8 nitrogen and oxygen atoms in total. The highest BCUT2D eigenvalue weighted by Crippen LogP contribution is 2.15. The van der Waals surface area contributed by atoms with E-state index in [1.54, 1.807) is 11.0 Å². The van der Waals surface area contributed by atoms with Gasteiger partial charge in [0.25, 0.3) is 0 Å². The molecule has 8 heteroatoms. The van der Waals surface area contributed by atoms with E-state index in [4.69, 9.17) is 5.11 Å². The van der Waals surface area contributed by atoms with E-state index in [-0.39, 0.29) is 6.61 Å². The molecule has 0 bridgehead atoms. The van der Waals surface area contributed by atoms with Crippen molar-refractivity contribution in [3.8, 4) is 0 Å². The van der Waals surface area contributed by atoms with Gasteiger partial charge in [0, 0.05) is 25.9 Å². The fraction of sp³-hybridized carbons (Fsp3) is 0.500. The van der Waals surface area contributed by atoms with E-state index in [1.807, 2.05) is 32.0 Å². The van der Waals surface area contributed by atoms with Gasteiger partial charge in [-0.3, -0.25) is 0 Å². The van der Waals surface area contributed by atoms with Crippen molar-refractivity contribution >= 4 is 17.7 Å². The molecule has 2 aromatic rings. The molecule has 0 saturated heterocycles. The van der Waals surface area contributed by atoms with Crippen LogP contribution in [0.5, 0.6) is 0 Å². The quantitative estimate of drug-likeness (QED) is 0.791. The van der Waals surface area contributed by atoms with Crippen LogP contribution in [0, 0.1) is 0 Å². The van der Waals surface area contributed by atoms with Gasteiger partial charge in [-0.15, -0.1) is 5.10 Å². The lowest BCUT2D eigenvalue weighted by molar-refractivity contribution is 0.269. The summed E-state index contributed by atoms with van der Waals surface area (Å²) < 4.78 is 1.57. The Balaban J connectivity index is 2.20. The number of aliphatic hydroxyl groups excluding tert-OH is 1. The predicted octanol–water partition coefficient (Wildman–Crippen LogP) is 0.432. The van der Waals surface area contributed by atoms with E-state index in [1.165, 1.54) is 0 Å². The number of rotatable bonds is 6. The summed E-state index contributed by atoms with van der Waals surface area (Å²) in [4.78, 5) is 14.8. The minimum atomic E-state index is 0.0288. The van der Waals surface area contributed by atoms with Gasteiger partial charge in [-0.2, -0.15) is 4.98 Å². The van der Waals surface area contributed by atoms with Crippen LogP contribution in [0.2, 0.25) is 0 Å². The molecular weight excluding hydrogens is 258 g/mol. The second-order valence-corrected chi connectivity index (χ2v) is 4.47. The molecule has 2 N–H and O–H groups in total. The second-order valence-electron chi connectivity index (χ2n) is 4.47. The molecule has 0 amide bonds. The molecule has 0 aliphatic heterocycles. The lowest BCUT2D eigenvalue weighted by Gasteiger charge is -2.12. The summed E-state index contributed by atoms with van der Waals surface area (Å²) in [6.07, 6.45) is 2.39. The van der Waals surface area contributed by atoms with Crippen LogP contribution in [0.4, 0.5) is 17.7 Å². The normalized spacial score (nSPS) is 10.6. The number of nitrogens with one attached hydrogen (secondary N) is 1. The summed E-state index contributed by atoms with van der Waals surface area (Å²) >= 11 is 0. The van der Waals surface area contributed by atoms with E-state index in [9.17, 15) is 0 Å². The van der Waals surface area contributed by atoms with E-state index >= 15 is 0 Å². The molecule has 0 atom stereocenters. The van der Waals surface area contributed by atoms with Crippen LogP contribution < -0.4 is 10.2 Å². The van der Waals surface area contributed by atoms with Crippen LogP contribution in [0.1, 0.15) is 12.6 Å². The maximum absolute atomic E-state index is 8.85. The van der Waals surface area contributed by atoms with E-state index in [0.29, 0.717) is 24.3 Å². The van der Waals surface area contributed by atoms with Crippen molar-refractivity contribution in [1.82, 2.24) is 24.7 Å². The van der Waals surface area contributed by atoms with Crippen molar-refractivity contribution in [2.24, 2.45) is 0 Å². The summed E-state index contributed by atoms with van der Waals surface area (Å²) in [5.74, 6) is 1.74. The molecule has 0 aromatic carbocycles. The molecule has 0 saturated carbocycles. The molecule has 2 rings (SSSR count). The fourth-order valence-electron chi connectivity index (χ4n) is 1.61. The van der Waals surface area contributed by atoms with Gasteiger partial charge in [-0.1, -0.05) is 6.92 Å². The minimum absolute atomic E-state index is 0.0288. The smallest absolute Gasteiger partial charge is 0.247 e. The summed E-state index contributed by atoms with van der Waals surface area (Å²) in [5, 5.41) is 16.1. The highest BCUT2D eigenvalue weighted by atomic mass is 16.3. The molecule has 108 valence electrons. The zero-order valence-electron chi connectivity index (χ0n) is 11.9. The summed E-state index contributed by atoms with van der Waals surface area (Å²) in [7, 11) is 3.79. The molecule has 2 heterocycles. The second kappa shape index (κ2) is 6.29. The number of hydrogen-bond donors (Lipinski definition) is 2. The Kier molecular flexibility index (Phi) is 4.46. The number of aryl methyl sites for hydroxylation is 1. The average molecular weight is 277 g/mol. The van der Waals surface area contributed by atoms with Crippen LogP contribution in [-0.4, -0.2) is 50.5 Å². The molecule has 0 aliphatic rings. The Morgan fingerprint density at radius 3 is 2.80 bits per heavy atom. The first-order chi connectivity index (χ1) is 9.62. The van der Waals surface area contributed by atoms with E-state index in [0.717, 1.165) is 12.1 Å². The van der Waals surface area contributed by atoms with Crippen molar-refractivity contribution in [3.63, 3.8) is 0 Å². The maximum atomic E-state index is 8.85. The molecule has 20 heavy (non-hydrogen) atoms. The first kappa shape index (κ1) is 14.2. The number of anilines is 3. The van der Waals surface area contributed by atoms with Crippen LogP contribution in [0.25, 0.3) is 0 Å². The van der Waals surface area contributed by atoms with Gasteiger partial charge in [0.15, 0.2) is 0 Å². The van der Waals surface area contributed by atoms with Gasteiger partial charge in [0.1, 0.15) is 12.1 Å². The van der Waals surface area contributed by atoms with E-state index < -0.39 is 0 Å². The lowest BCUT2D eigenvalue weighted by atomic mass is 10.3. The Morgan fingerprint density at radius 1 is 1.35 bits per heavy atom. The molecule has 0 aliphatic carbocycles. The largest absolute Gasteiger partial charge is 0.394 e. The Bertz CT molecular complexity index is 567. The van der Waals surface area contributed by atoms with Crippen molar-refractivity contribution in [2.45, 2.75) is 19.9 Å². The molecule has 2 aromatic heterocycles. The standard InChI is InChI=1S/C12H19N7O/c1-4-9-7-10(16-12(14-9)18(2)3)15-11-13-8-19(17-11)5-6-20/h7-8,20H,4-6H2,1-3H3,(H,14,15,16,17). The highest BCUT2D eigenvalue weighted by Gasteiger charge is 2.07. The predicted molar refractivity (Wildman–Crippen MR) is 76.1 cm³/mol. The molecule has 0 fully saturated rings. The minimum Gasteiger partial charge on any atom is -0.394 e. The first-order valence-electron chi connectivity index (χ1n) is 6.45. The Hall–Kier alpha value is -2.22. The van der Waals surface area contributed by atoms with Crippen molar-refractivity contribution in [2.75, 3.05) is 30.9 Å². The molecule has 0 radical (unpaired) electrons. The van der Waals surface area contributed by atoms with Gasteiger partial charge < -0.3 is 15.3 Å². The third-order valence-electron chi connectivity index (χ3n) is 2.64. The van der Waals surface area contributed by atoms with Crippen LogP contribution in [0.3, 0.4) is 0 Å². The topological polar surface area (TPSA) is 92.0 Å². The molecule has 0 spiro atoms. The number of hydrogen-bond acceptors (Lipinski definition) is 7.